The molecule has 0 radical (unpaired) electrons. The van der Waals surface area contributed by atoms with E-state index in [1.165, 1.54) is 0 Å². The third-order valence-electron chi connectivity index (χ3n) is 4.20. The molecule has 0 amide bonds. The topological polar surface area (TPSA) is 35.5 Å². The second kappa shape index (κ2) is 7.67. The van der Waals surface area contributed by atoms with Crippen molar-refractivity contribution in [2.45, 2.75) is 5.92 Å². The van der Waals surface area contributed by atoms with Crippen LogP contribution < -0.4 is 9.47 Å². The van der Waals surface area contributed by atoms with Crippen molar-refractivity contribution < 1.29 is 14.3 Å². The predicted molar refractivity (Wildman–Crippen MR) is 98.6 cm³/mol. The van der Waals surface area contributed by atoms with Crippen LogP contribution in [0, 0.1) is 0 Å². The minimum absolute atomic E-state index is 0.0263. The van der Waals surface area contributed by atoms with Crippen LogP contribution in [0.25, 0.3) is 0 Å². The zero-order valence-electron chi connectivity index (χ0n) is 14.3. The van der Waals surface area contributed by atoms with Gasteiger partial charge in [-0.3, -0.25) is 4.79 Å². The maximum atomic E-state index is 13.3. The van der Waals surface area contributed by atoms with Gasteiger partial charge in [0.1, 0.15) is 0 Å². The van der Waals surface area contributed by atoms with E-state index in [1.807, 2.05) is 60.7 Å². The fourth-order valence-corrected chi connectivity index (χ4v) is 2.94. The Morgan fingerprint density at radius 1 is 0.720 bits per heavy atom. The molecule has 3 aromatic carbocycles. The van der Waals surface area contributed by atoms with Gasteiger partial charge in [-0.05, 0) is 29.3 Å². The van der Waals surface area contributed by atoms with Gasteiger partial charge in [0.2, 0.25) is 0 Å². The average Bonchev–Trinajstić information content (AvgIpc) is 2.69. The summed E-state index contributed by atoms with van der Waals surface area (Å²) in [6.45, 7) is 0. The van der Waals surface area contributed by atoms with Crippen molar-refractivity contribution in [3.8, 4) is 11.5 Å². The normalized spacial score (nSPS) is 10.5. The number of benzene rings is 3. The number of hydrogen-bond acceptors (Lipinski definition) is 3. The minimum Gasteiger partial charge on any atom is -0.493 e. The lowest BCUT2D eigenvalue weighted by atomic mass is 9.85. The Kier molecular flexibility index (Phi) is 5.14. The number of carbonyl (C=O) groups excluding carboxylic acids is 1. The van der Waals surface area contributed by atoms with Crippen LogP contribution in [-0.2, 0) is 0 Å². The number of carbonyl (C=O) groups is 1. The fourth-order valence-electron chi connectivity index (χ4n) is 2.94. The number of ether oxygens (including phenoxy) is 2. The van der Waals surface area contributed by atoms with Gasteiger partial charge >= 0.3 is 0 Å². The van der Waals surface area contributed by atoms with Crippen LogP contribution in [0.1, 0.15) is 27.4 Å². The van der Waals surface area contributed by atoms with Gasteiger partial charge in [0.25, 0.3) is 0 Å². The van der Waals surface area contributed by atoms with Crippen LogP contribution in [0.3, 0.4) is 0 Å². The predicted octanol–water partition coefficient (Wildman–Crippen LogP) is 4.72. The molecular weight excluding hydrogens is 312 g/mol. The van der Waals surface area contributed by atoms with Crippen LogP contribution in [0.15, 0.2) is 78.9 Å². The van der Waals surface area contributed by atoms with E-state index < -0.39 is 0 Å². The van der Waals surface area contributed by atoms with Gasteiger partial charge in [0.05, 0.1) is 20.1 Å². The summed E-state index contributed by atoms with van der Waals surface area (Å²) < 4.78 is 10.6. The van der Waals surface area contributed by atoms with Crippen LogP contribution in [-0.4, -0.2) is 20.0 Å². The zero-order chi connectivity index (χ0) is 17.6. The minimum atomic E-state index is -0.361. The van der Waals surface area contributed by atoms with Crippen LogP contribution >= 0.6 is 0 Å². The Bertz CT molecular complexity index is 802. The molecule has 0 heterocycles. The van der Waals surface area contributed by atoms with Crippen LogP contribution in [0.4, 0.5) is 0 Å². The number of rotatable bonds is 6. The van der Waals surface area contributed by atoms with Gasteiger partial charge in [-0.2, -0.15) is 0 Å². The second-order valence-electron chi connectivity index (χ2n) is 5.69. The van der Waals surface area contributed by atoms with Crippen LogP contribution in [0.2, 0.25) is 0 Å². The molecule has 0 bridgehead atoms. The highest BCUT2D eigenvalue weighted by molar-refractivity contribution is 6.03. The number of methoxy groups -OCH3 is 2. The third-order valence-corrected chi connectivity index (χ3v) is 4.20. The molecule has 0 aliphatic rings. The first kappa shape index (κ1) is 16.8. The summed E-state index contributed by atoms with van der Waals surface area (Å²) in [5.41, 5.74) is 2.53. The Morgan fingerprint density at radius 3 is 1.72 bits per heavy atom. The van der Waals surface area contributed by atoms with Crippen molar-refractivity contribution in [3.63, 3.8) is 0 Å². The molecule has 0 fully saturated rings. The van der Waals surface area contributed by atoms with E-state index in [0.717, 1.165) is 11.1 Å². The molecule has 0 atom stereocenters. The van der Waals surface area contributed by atoms with Gasteiger partial charge in [-0.15, -0.1) is 0 Å². The maximum absolute atomic E-state index is 13.3. The third kappa shape index (κ3) is 3.56. The van der Waals surface area contributed by atoms with Gasteiger partial charge in [-0.25, -0.2) is 0 Å². The molecule has 0 saturated carbocycles. The van der Waals surface area contributed by atoms with Gasteiger partial charge in [0, 0.05) is 5.56 Å². The summed E-state index contributed by atoms with van der Waals surface area (Å²) in [6.07, 6.45) is 0. The van der Waals surface area contributed by atoms with Crippen molar-refractivity contribution in [2.24, 2.45) is 0 Å². The smallest absolute Gasteiger partial charge is 0.174 e. The Hall–Kier alpha value is -3.07. The summed E-state index contributed by atoms with van der Waals surface area (Å²) in [5.74, 6) is 0.821. The lowest BCUT2D eigenvalue weighted by Gasteiger charge is -2.18. The Labute approximate surface area is 147 Å². The molecule has 0 aliphatic heterocycles. The molecule has 3 rings (SSSR count). The first-order chi connectivity index (χ1) is 12.2. The molecule has 0 aliphatic carbocycles. The zero-order valence-corrected chi connectivity index (χ0v) is 14.3. The monoisotopic (exact) mass is 332 g/mol. The van der Waals surface area contributed by atoms with Gasteiger partial charge < -0.3 is 9.47 Å². The highest BCUT2D eigenvalue weighted by Gasteiger charge is 2.24. The summed E-state index contributed by atoms with van der Waals surface area (Å²) in [7, 11) is 3.15. The number of Topliss-reactive ketones (excluding diaryl/α,β-unsaturated/α-hetero) is 1. The fraction of sp³-hybridized carbons (Fsp3) is 0.136. The van der Waals surface area contributed by atoms with Crippen molar-refractivity contribution in [1.29, 1.82) is 0 Å². The summed E-state index contributed by atoms with van der Waals surface area (Å²) >= 11 is 0. The summed E-state index contributed by atoms with van der Waals surface area (Å²) in [4.78, 5) is 13.3. The molecule has 3 heteroatoms. The largest absolute Gasteiger partial charge is 0.493 e. The van der Waals surface area contributed by atoms with Crippen molar-refractivity contribution in [1.82, 2.24) is 0 Å². The summed E-state index contributed by atoms with van der Waals surface area (Å²) in [5, 5.41) is 0. The molecule has 3 aromatic rings. The Balaban J connectivity index is 2.06. The lowest BCUT2D eigenvalue weighted by molar-refractivity contribution is 0.0973. The van der Waals surface area contributed by atoms with Crippen molar-refractivity contribution in [2.75, 3.05) is 14.2 Å². The Morgan fingerprint density at radius 2 is 1.24 bits per heavy atom. The van der Waals surface area contributed by atoms with Crippen molar-refractivity contribution >= 4 is 5.78 Å². The molecule has 0 saturated heterocycles. The van der Waals surface area contributed by atoms with E-state index in [2.05, 4.69) is 0 Å². The second-order valence-corrected chi connectivity index (χ2v) is 5.69. The molecule has 0 spiro atoms. The highest BCUT2D eigenvalue weighted by Crippen LogP contribution is 2.32. The van der Waals surface area contributed by atoms with E-state index in [9.17, 15) is 4.79 Å². The molecule has 0 unspecified atom stereocenters. The first-order valence-corrected chi connectivity index (χ1v) is 8.10. The molecule has 126 valence electrons. The first-order valence-electron chi connectivity index (χ1n) is 8.10. The molecule has 3 nitrogen and oxygen atoms in total. The standard InChI is InChI=1S/C22H20O3/c1-24-19-14-13-18(15-20(19)25-2)22(23)21(16-9-5-3-6-10-16)17-11-7-4-8-12-17/h3-15,21H,1-2H3. The van der Waals surface area contributed by atoms with E-state index in [0.29, 0.717) is 17.1 Å². The average molecular weight is 332 g/mol. The maximum Gasteiger partial charge on any atom is 0.174 e. The quantitative estimate of drug-likeness (QED) is 0.613. The van der Waals surface area contributed by atoms with E-state index >= 15 is 0 Å². The van der Waals surface area contributed by atoms with E-state index in [-0.39, 0.29) is 11.7 Å². The van der Waals surface area contributed by atoms with Gasteiger partial charge in [-0.1, -0.05) is 60.7 Å². The van der Waals surface area contributed by atoms with E-state index in [4.69, 9.17) is 9.47 Å². The summed E-state index contributed by atoms with van der Waals surface area (Å²) in [6, 6.07) is 24.9. The van der Waals surface area contributed by atoms with E-state index in [1.54, 1.807) is 32.4 Å². The lowest BCUT2D eigenvalue weighted by Crippen LogP contribution is -2.14. The molecular formula is C22H20O3. The highest BCUT2D eigenvalue weighted by atomic mass is 16.5. The number of ketones is 1. The van der Waals surface area contributed by atoms with Gasteiger partial charge in [0.15, 0.2) is 17.3 Å². The number of hydrogen-bond donors (Lipinski definition) is 0. The molecule has 0 N–H and O–H groups in total. The van der Waals surface area contributed by atoms with Crippen molar-refractivity contribution in [3.05, 3.63) is 95.6 Å². The SMILES string of the molecule is COc1ccc(C(=O)C(c2ccccc2)c2ccccc2)cc1OC. The molecule has 0 aromatic heterocycles. The van der Waals surface area contributed by atoms with Crippen LogP contribution in [0.5, 0.6) is 11.5 Å². The molecule has 25 heavy (non-hydrogen) atoms.